The largest absolute Gasteiger partial charge is 0.441 e. The molecule has 2 N–H and O–H groups in total. The van der Waals surface area contributed by atoms with Gasteiger partial charge in [0, 0.05) is 36.0 Å². The van der Waals surface area contributed by atoms with Gasteiger partial charge < -0.3 is 9.73 Å². The van der Waals surface area contributed by atoms with Crippen LogP contribution in [0.5, 0.6) is 0 Å². The van der Waals surface area contributed by atoms with Crippen molar-refractivity contribution in [3.05, 3.63) is 36.5 Å². The van der Waals surface area contributed by atoms with Crippen LogP contribution in [0.25, 0.3) is 22.2 Å². The molecule has 0 unspecified atom stereocenters. The molecule has 176 valence electrons. The van der Waals surface area contributed by atoms with Gasteiger partial charge in [-0.05, 0) is 37.8 Å². The molecule has 0 aliphatic heterocycles. The molecule has 1 saturated carbocycles. The van der Waals surface area contributed by atoms with E-state index >= 15 is 0 Å². The first-order valence-corrected chi connectivity index (χ1v) is 12.7. The van der Waals surface area contributed by atoms with E-state index in [1.807, 2.05) is 25.1 Å². The SMILES string of the molecule is BC(B)(B)C(N[C@H]1CC[C@H](C(=O)Nc2ncc3ccc(-c4cnc(C)o4)cc3n2)CC1)C(B)(B)B. The van der Waals surface area contributed by atoms with Crippen molar-refractivity contribution in [2.24, 2.45) is 5.92 Å². The van der Waals surface area contributed by atoms with E-state index in [0.29, 0.717) is 29.7 Å². The lowest BCUT2D eigenvalue weighted by Gasteiger charge is -2.45. The van der Waals surface area contributed by atoms with E-state index in [9.17, 15) is 4.79 Å². The minimum atomic E-state index is -0.0152. The molecular weight excluding hydrogens is 431 g/mol. The molecule has 1 aliphatic carbocycles. The maximum atomic E-state index is 13.0. The molecule has 1 amide bonds. The van der Waals surface area contributed by atoms with Gasteiger partial charge in [0.25, 0.3) is 0 Å². The summed E-state index contributed by atoms with van der Waals surface area (Å²) in [4.78, 5) is 26.1. The Bertz CT molecular complexity index is 1190. The number of hydrogen-bond donors (Lipinski definition) is 2. The molecule has 35 heavy (non-hydrogen) atoms. The van der Waals surface area contributed by atoms with Crippen LogP contribution >= 0.6 is 0 Å². The molecule has 0 radical (unpaired) electrons. The third kappa shape index (κ3) is 6.24. The monoisotopic (exact) mass is 465 g/mol. The molecule has 1 fully saturated rings. The summed E-state index contributed by atoms with van der Waals surface area (Å²) in [5.41, 5.74) is 1.65. The predicted octanol–water partition coefficient (Wildman–Crippen LogP) is -2.01. The normalized spacial score (nSPS) is 19.1. The Balaban J connectivity index is 1.38. The van der Waals surface area contributed by atoms with Crippen molar-refractivity contribution in [2.75, 3.05) is 5.32 Å². The lowest BCUT2D eigenvalue weighted by Crippen LogP contribution is -2.55. The molecule has 2 aromatic heterocycles. The molecule has 0 spiro atoms. The zero-order chi connectivity index (χ0) is 25.4. The Labute approximate surface area is 213 Å². The van der Waals surface area contributed by atoms with Crippen LogP contribution in [0.3, 0.4) is 0 Å². The molecule has 1 aliphatic rings. The fourth-order valence-electron chi connectivity index (χ4n) is 5.50. The lowest BCUT2D eigenvalue weighted by molar-refractivity contribution is -0.120. The second kappa shape index (κ2) is 9.92. The molecule has 13 heteroatoms. The summed E-state index contributed by atoms with van der Waals surface area (Å²) >= 11 is 0. The van der Waals surface area contributed by atoms with Crippen LogP contribution in [0.4, 0.5) is 5.95 Å². The maximum Gasteiger partial charge on any atom is 0.229 e. The van der Waals surface area contributed by atoms with Crippen molar-refractivity contribution >= 4 is 69.8 Å². The van der Waals surface area contributed by atoms with E-state index in [1.54, 1.807) is 12.4 Å². The van der Waals surface area contributed by atoms with Gasteiger partial charge in [0.2, 0.25) is 11.9 Å². The van der Waals surface area contributed by atoms with Gasteiger partial charge in [-0.2, -0.15) is 0 Å². The molecule has 3 aromatic rings. The van der Waals surface area contributed by atoms with Crippen LogP contribution in [0.15, 0.2) is 35.0 Å². The number of aryl methyl sites for hydroxylation is 1. The minimum Gasteiger partial charge on any atom is -0.441 e. The van der Waals surface area contributed by atoms with Gasteiger partial charge in [0.05, 0.1) is 58.8 Å². The first kappa shape index (κ1) is 25.7. The summed E-state index contributed by atoms with van der Waals surface area (Å²) in [5.74, 6) is 1.65. The number of rotatable bonds is 7. The third-order valence-corrected chi connectivity index (χ3v) is 6.96. The van der Waals surface area contributed by atoms with Crippen molar-refractivity contribution < 1.29 is 9.21 Å². The second-order valence-corrected chi connectivity index (χ2v) is 12.1. The van der Waals surface area contributed by atoms with Crippen LogP contribution in [0, 0.1) is 12.8 Å². The van der Waals surface area contributed by atoms with Crippen LogP contribution < -0.4 is 10.6 Å². The smallest absolute Gasteiger partial charge is 0.229 e. The average Bonchev–Trinajstić information content (AvgIpc) is 3.22. The standard InChI is InChI=1S/C22H33B6N5O2/c1-11-29-10-17(35-11)13-2-3-14-9-30-20(32-16(14)8-13)33-18(34)12-4-6-15(7-5-12)31-19(21(23,24)25)22(26,27)28/h2-3,8-10,12,15,19,31H,4-7,23-28H2,1H3,(H,30,32,33,34)/t12-,15-. The van der Waals surface area contributed by atoms with Gasteiger partial charge in [-0.15, -0.1) is 0 Å². The number of benzene rings is 1. The summed E-state index contributed by atoms with van der Waals surface area (Å²) in [6, 6.07) is 6.69. The molecule has 0 atom stereocenters. The highest BCUT2D eigenvalue weighted by molar-refractivity contribution is 6.64. The number of hydrogen-bond acceptors (Lipinski definition) is 6. The zero-order valence-corrected chi connectivity index (χ0v) is 22.1. The summed E-state index contributed by atoms with van der Waals surface area (Å²) in [6.07, 6.45) is 7.18. The summed E-state index contributed by atoms with van der Waals surface area (Å²) in [6.45, 7) is 1.82. The van der Waals surface area contributed by atoms with Crippen molar-refractivity contribution in [1.29, 1.82) is 0 Å². The number of anilines is 1. The van der Waals surface area contributed by atoms with Crippen LogP contribution in [0.1, 0.15) is 31.6 Å². The van der Waals surface area contributed by atoms with Gasteiger partial charge in [-0.3, -0.25) is 10.1 Å². The van der Waals surface area contributed by atoms with Crippen LogP contribution in [-0.2, 0) is 4.79 Å². The number of nitrogens with zero attached hydrogens (tertiary/aromatic N) is 3. The molecule has 2 heterocycles. The van der Waals surface area contributed by atoms with Gasteiger partial charge in [-0.25, -0.2) is 15.0 Å². The number of aromatic nitrogens is 3. The van der Waals surface area contributed by atoms with Gasteiger partial charge in [0.1, 0.15) is 0 Å². The Morgan fingerprint density at radius 1 is 1.03 bits per heavy atom. The number of nitrogens with one attached hydrogen (secondary N) is 2. The van der Waals surface area contributed by atoms with E-state index in [-0.39, 0.29) is 22.1 Å². The Hall–Kier alpha value is -2.41. The number of carbonyl (C=O) groups is 1. The van der Waals surface area contributed by atoms with E-state index in [4.69, 9.17) is 4.42 Å². The molecular formula is C22H33B6N5O2. The van der Waals surface area contributed by atoms with Crippen molar-refractivity contribution in [3.63, 3.8) is 0 Å². The minimum absolute atomic E-state index is 0.00741. The molecule has 0 bridgehead atoms. The second-order valence-electron chi connectivity index (χ2n) is 12.1. The first-order valence-electron chi connectivity index (χ1n) is 12.7. The fraction of sp³-hybridized carbons (Fsp3) is 0.455. The van der Waals surface area contributed by atoms with E-state index in [2.05, 4.69) is 72.7 Å². The van der Waals surface area contributed by atoms with Crippen LogP contribution in [0.2, 0.25) is 10.2 Å². The van der Waals surface area contributed by atoms with Gasteiger partial charge in [-0.1, -0.05) is 22.4 Å². The van der Waals surface area contributed by atoms with Crippen molar-refractivity contribution in [1.82, 2.24) is 20.3 Å². The summed E-state index contributed by atoms with van der Waals surface area (Å²) in [5, 5.41) is 8.12. The fourth-order valence-corrected chi connectivity index (χ4v) is 5.50. The lowest BCUT2D eigenvalue weighted by atomic mass is 9.27. The van der Waals surface area contributed by atoms with Gasteiger partial charge >= 0.3 is 0 Å². The highest BCUT2D eigenvalue weighted by Gasteiger charge is 2.37. The number of fused-ring (bicyclic) bond motifs is 1. The first-order chi connectivity index (χ1) is 16.4. The molecule has 1 aromatic carbocycles. The average molecular weight is 464 g/mol. The number of amides is 1. The number of oxazole rings is 1. The number of carbonyl (C=O) groups excluding carboxylic acids is 1. The Morgan fingerprint density at radius 3 is 2.31 bits per heavy atom. The zero-order valence-electron chi connectivity index (χ0n) is 22.1. The topological polar surface area (TPSA) is 92.9 Å². The highest BCUT2D eigenvalue weighted by Crippen LogP contribution is 2.34. The molecule has 0 saturated heterocycles. The van der Waals surface area contributed by atoms with E-state index < -0.39 is 0 Å². The Morgan fingerprint density at radius 2 is 1.71 bits per heavy atom. The van der Waals surface area contributed by atoms with Crippen molar-refractivity contribution in [3.8, 4) is 11.3 Å². The molecule has 4 rings (SSSR count). The maximum absolute atomic E-state index is 13.0. The Kier molecular flexibility index (Phi) is 7.28. The summed E-state index contributed by atoms with van der Waals surface area (Å²) < 4.78 is 5.63. The van der Waals surface area contributed by atoms with E-state index in [0.717, 1.165) is 42.1 Å². The van der Waals surface area contributed by atoms with Crippen molar-refractivity contribution in [2.45, 2.75) is 54.9 Å². The van der Waals surface area contributed by atoms with E-state index in [1.165, 1.54) is 0 Å². The quantitative estimate of drug-likeness (QED) is 0.393. The van der Waals surface area contributed by atoms with Gasteiger partial charge in [0.15, 0.2) is 11.7 Å². The third-order valence-electron chi connectivity index (χ3n) is 6.96. The predicted molar refractivity (Wildman–Crippen MR) is 158 cm³/mol. The summed E-state index contributed by atoms with van der Waals surface area (Å²) in [7, 11) is 13.8. The van der Waals surface area contributed by atoms with Crippen LogP contribution in [-0.4, -0.2) is 80.0 Å². The highest BCUT2D eigenvalue weighted by atomic mass is 16.4. The molecule has 7 nitrogen and oxygen atoms in total.